The third kappa shape index (κ3) is 1.52. The first-order valence-electron chi connectivity index (χ1n) is 5.01. The van der Waals surface area contributed by atoms with E-state index in [1.807, 2.05) is 4.90 Å². The molecule has 2 rings (SSSR count). The topological polar surface area (TPSA) is 66.6 Å². The highest BCUT2D eigenvalue weighted by Crippen LogP contribution is 2.33. The van der Waals surface area contributed by atoms with Gasteiger partial charge in [0.25, 0.3) is 5.91 Å². The lowest BCUT2D eigenvalue weighted by Crippen LogP contribution is -2.34. The normalized spacial score (nSPS) is 21.2. The van der Waals surface area contributed by atoms with Crippen molar-refractivity contribution in [1.29, 1.82) is 0 Å². The monoisotopic (exact) mass is 206 g/mol. The van der Waals surface area contributed by atoms with Crippen LogP contribution in [0.25, 0.3) is 0 Å². The van der Waals surface area contributed by atoms with Gasteiger partial charge < -0.3 is 15.7 Å². The van der Waals surface area contributed by atoms with E-state index in [1.54, 1.807) is 6.08 Å². The molecule has 0 saturated carbocycles. The van der Waals surface area contributed by atoms with Gasteiger partial charge in [0.1, 0.15) is 11.3 Å². The van der Waals surface area contributed by atoms with E-state index >= 15 is 0 Å². The Morgan fingerprint density at radius 3 is 2.93 bits per heavy atom. The van der Waals surface area contributed by atoms with Crippen molar-refractivity contribution >= 4 is 5.91 Å². The summed E-state index contributed by atoms with van der Waals surface area (Å²) in [5.74, 6) is -0.681. The molecule has 0 radical (unpaired) electrons. The summed E-state index contributed by atoms with van der Waals surface area (Å²) < 4.78 is 0. The fraction of sp³-hybridized carbons (Fsp3) is 0.364. The van der Waals surface area contributed by atoms with Crippen LogP contribution >= 0.6 is 0 Å². The van der Waals surface area contributed by atoms with Crippen LogP contribution in [0, 0.1) is 0 Å². The SMILES string of the molecule is C=C1C(C(N)=O)=C(O)C=C2CCCCN12. The number of allylic oxidation sites excluding steroid dienone is 2. The minimum absolute atomic E-state index is 0.0550. The summed E-state index contributed by atoms with van der Waals surface area (Å²) in [4.78, 5) is 13.1. The number of amides is 1. The Balaban J connectivity index is 2.43. The number of primary amides is 1. The second-order valence-corrected chi connectivity index (χ2v) is 3.82. The van der Waals surface area contributed by atoms with Gasteiger partial charge in [0.2, 0.25) is 0 Å². The number of aliphatic hydroxyl groups excluding tert-OH is 1. The molecule has 2 aliphatic rings. The quantitative estimate of drug-likeness (QED) is 0.677. The van der Waals surface area contributed by atoms with Crippen LogP contribution in [0.3, 0.4) is 0 Å². The summed E-state index contributed by atoms with van der Waals surface area (Å²) in [6, 6.07) is 0. The molecule has 0 spiro atoms. The van der Waals surface area contributed by atoms with Crippen LogP contribution in [0.2, 0.25) is 0 Å². The van der Waals surface area contributed by atoms with E-state index in [0.29, 0.717) is 5.70 Å². The molecule has 4 heteroatoms. The van der Waals surface area contributed by atoms with E-state index < -0.39 is 5.91 Å². The predicted molar refractivity (Wildman–Crippen MR) is 56.6 cm³/mol. The van der Waals surface area contributed by atoms with Gasteiger partial charge in [0.05, 0.1) is 5.70 Å². The maximum absolute atomic E-state index is 11.1. The first-order chi connectivity index (χ1) is 7.11. The first kappa shape index (κ1) is 9.83. The Labute approximate surface area is 88.4 Å². The van der Waals surface area contributed by atoms with Crippen molar-refractivity contribution in [3.05, 3.63) is 35.4 Å². The van der Waals surface area contributed by atoms with Crippen molar-refractivity contribution in [3.63, 3.8) is 0 Å². The van der Waals surface area contributed by atoms with Crippen molar-refractivity contribution in [2.45, 2.75) is 19.3 Å². The van der Waals surface area contributed by atoms with Crippen LogP contribution in [-0.4, -0.2) is 22.5 Å². The van der Waals surface area contributed by atoms with Crippen molar-refractivity contribution in [1.82, 2.24) is 4.90 Å². The molecule has 0 aromatic heterocycles. The summed E-state index contributed by atoms with van der Waals surface area (Å²) in [6.45, 7) is 4.66. The fourth-order valence-electron chi connectivity index (χ4n) is 2.09. The number of fused-ring (bicyclic) bond motifs is 1. The highest BCUT2D eigenvalue weighted by atomic mass is 16.3. The number of hydrogen-bond donors (Lipinski definition) is 2. The number of nitrogens with two attached hydrogens (primary N) is 1. The molecule has 80 valence electrons. The molecule has 0 aromatic rings. The smallest absolute Gasteiger partial charge is 0.254 e. The van der Waals surface area contributed by atoms with Crippen LogP contribution in [-0.2, 0) is 4.79 Å². The number of piperidine rings is 1. The lowest BCUT2D eigenvalue weighted by atomic mass is 9.98. The van der Waals surface area contributed by atoms with Crippen molar-refractivity contribution in [2.75, 3.05) is 6.54 Å². The van der Waals surface area contributed by atoms with Gasteiger partial charge in [-0.15, -0.1) is 0 Å². The number of carbonyl (C=O) groups is 1. The molecule has 15 heavy (non-hydrogen) atoms. The molecule has 0 unspecified atom stereocenters. The Bertz CT molecular complexity index is 393. The Morgan fingerprint density at radius 1 is 1.53 bits per heavy atom. The Morgan fingerprint density at radius 2 is 2.27 bits per heavy atom. The molecular formula is C11H14N2O2. The molecule has 4 nitrogen and oxygen atoms in total. The van der Waals surface area contributed by atoms with E-state index in [4.69, 9.17) is 5.73 Å². The summed E-state index contributed by atoms with van der Waals surface area (Å²) in [5.41, 5.74) is 6.88. The third-order valence-electron chi connectivity index (χ3n) is 2.83. The van der Waals surface area contributed by atoms with Gasteiger partial charge in [0, 0.05) is 18.3 Å². The van der Waals surface area contributed by atoms with Crippen molar-refractivity contribution < 1.29 is 9.90 Å². The zero-order valence-corrected chi connectivity index (χ0v) is 8.49. The molecule has 0 atom stereocenters. The lowest BCUT2D eigenvalue weighted by Gasteiger charge is -2.36. The number of hydrogen-bond acceptors (Lipinski definition) is 3. The predicted octanol–water partition coefficient (Wildman–Crippen LogP) is 1.18. The standard InChI is InChI=1S/C11H14N2O2/c1-7-10(11(12)15)9(14)6-8-4-2-3-5-13(7)8/h6,14H,1-5H2,(H2,12,15). The first-order valence-corrected chi connectivity index (χ1v) is 5.01. The number of aliphatic hydroxyl groups is 1. The van der Waals surface area contributed by atoms with Gasteiger partial charge in [-0.05, 0) is 19.3 Å². The van der Waals surface area contributed by atoms with Crippen LogP contribution in [0.15, 0.2) is 35.4 Å². The van der Waals surface area contributed by atoms with Crippen molar-refractivity contribution in [2.24, 2.45) is 5.73 Å². The molecule has 0 bridgehead atoms. The van der Waals surface area contributed by atoms with Crippen LogP contribution in [0.1, 0.15) is 19.3 Å². The minimum Gasteiger partial charge on any atom is -0.507 e. The van der Waals surface area contributed by atoms with Crippen LogP contribution < -0.4 is 5.73 Å². The Hall–Kier alpha value is -1.71. The molecule has 1 saturated heterocycles. The van der Waals surface area contributed by atoms with Gasteiger partial charge >= 0.3 is 0 Å². The Kier molecular flexibility index (Phi) is 2.26. The second kappa shape index (κ2) is 3.46. The number of nitrogens with zero attached hydrogens (tertiary/aromatic N) is 1. The minimum atomic E-state index is -0.627. The molecule has 3 N–H and O–H groups in total. The maximum atomic E-state index is 11.1. The number of rotatable bonds is 1. The zero-order chi connectivity index (χ0) is 11.0. The van der Waals surface area contributed by atoms with E-state index in [1.165, 1.54) is 0 Å². The summed E-state index contributed by atoms with van der Waals surface area (Å²) in [5, 5.41) is 9.66. The maximum Gasteiger partial charge on any atom is 0.254 e. The molecule has 1 amide bonds. The molecule has 1 fully saturated rings. The second-order valence-electron chi connectivity index (χ2n) is 3.82. The molecule has 2 aliphatic heterocycles. The molecule has 2 heterocycles. The van der Waals surface area contributed by atoms with Gasteiger partial charge in [-0.3, -0.25) is 4.79 Å². The molecule has 0 aromatic carbocycles. The average molecular weight is 206 g/mol. The third-order valence-corrected chi connectivity index (χ3v) is 2.83. The van der Waals surface area contributed by atoms with E-state index in [9.17, 15) is 9.90 Å². The van der Waals surface area contributed by atoms with Crippen LogP contribution in [0.4, 0.5) is 0 Å². The molecule has 0 aliphatic carbocycles. The highest BCUT2D eigenvalue weighted by molar-refractivity contribution is 5.97. The average Bonchev–Trinajstić information content (AvgIpc) is 2.17. The summed E-state index contributed by atoms with van der Waals surface area (Å²) >= 11 is 0. The largest absolute Gasteiger partial charge is 0.507 e. The fourth-order valence-corrected chi connectivity index (χ4v) is 2.09. The van der Waals surface area contributed by atoms with E-state index in [0.717, 1.165) is 31.5 Å². The van der Waals surface area contributed by atoms with E-state index in [2.05, 4.69) is 6.58 Å². The summed E-state index contributed by atoms with van der Waals surface area (Å²) in [6.07, 6.45) is 4.71. The van der Waals surface area contributed by atoms with Gasteiger partial charge in [-0.25, -0.2) is 0 Å². The lowest BCUT2D eigenvalue weighted by molar-refractivity contribution is -0.114. The highest BCUT2D eigenvalue weighted by Gasteiger charge is 2.28. The summed E-state index contributed by atoms with van der Waals surface area (Å²) in [7, 11) is 0. The van der Waals surface area contributed by atoms with Gasteiger partial charge in [-0.1, -0.05) is 6.58 Å². The van der Waals surface area contributed by atoms with Crippen molar-refractivity contribution in [3.8, 4) is 0 Å². The number of carbonyl (C=O) groups excluding carboxylic acids is 1. The molecular weight excluding hydrogens is 192 g/mol. The van der Waals surface area contributed by atoms with E-state index in [-0.39, 0.29) is 11.3 Å². The van der Waals surface area contributed by atoms with Gasteiger partial charge in [-0.2, -0.15) is 0 Å². The van der Waals surface area contributed by atoms with Crippen LogP contribution in [0.5, 0.6) is 0 Å². The van der Waals surface area contributed by atoms with Gasteiger partial charge in [0.15, 0.2) is 0 Å². The zero-order valence-electron chi connectivity index (χ0n) is 8.49.